The highest BCUT2D eigenvalue weighted by Gasteiger charge is 2.10. The number of thiazole rings is 2. The largest absolute Gasteiger partial charge is 0.426 e. The van der Waals surface area contributed by atoms with Gasteiger partial charge in [-0.3, -0.25) is 9.59 Å². The number of aromatic nitrogens is 2. The number of carbonyl (C=O) groups excluding carboxylic acids is 2. The number of thiol groups is 2. The minimum absolute atomic E-state index is 0.0711. The number of esters is 2. The minimum atomic E-state index is -0.418. The maximum atomic E-state index is 12.0. The van der Waals surface area contributed by atoms with Gasteiger partial charge in [0.1, 0.15) is 20.2 Å². The summed E-state index contributed by atoms with van der Waals surface area (Å²) in [5.74, 6) is 0.0555. The number of carbonyl (C=O) groups is 2. The molecule has 2 aromatic heterocycles. The van der Waals surface area contributed by atoms with Crippen LogP contribution in [-0.4, -0.2) is 35.1 Å². The molecule has 0 amide bonds. The third-order valence-corrected chi connectivity index (χ3v) is 6.45. The number of fused-ring (bicyclic) bond motifs is 2. The van der Waals surface area contributed by atoms with E-state index in [4.69, 9.17) is 14.2 Å². The van der Waals surface area contributed by atoms with Crippen LogP contribution < -0.4 is 9.47 Å². The Bertz CT molecular complexity index is 1160. The van der Waals surface area contributed by atoms with Crippen LogP contribution in [-0.2, 0) is 14.3 Å². The number of hydrogen-bond donors (Lipinski definition) is 2. The van der Waals surface area contributed by atoms with Crippen LogP contribution in [0.4, 0.5) is 0 Å². The van der Waals surface area contributed by atoms with Crippen molar-refractivity contribution >= 4 is 80.3 Å². The topological polar surface area (TPSA) is 87.6 Å². The van der Waals surface area contributed by atoms with E-state index in [1.165, 1.54) is 22.7 Å². The SMILES string of the molecule is O=C(CCOCCC(=O)Oc1ccc2nc(S)sc2c1)Oc1ccc2nc(S)sc2c1. The van der Waals surface area contributed by atoms with E-state index in [2.05, 4.69) is 35.2 Å². The molecule has 2 heterocycles. The number of rotatable bonds is 8. The zero-order valence-corrected chi connectivity index (χ0v) is 19.4. The lowest BCUT2D eigenvalue weighted by molar-refractivity contribution is -0.136. The standard InChI is InChI=1S/C20H16N2O5S4/c23-17(26-11-1-3-13-15(9-11)30-19(28)21-13)5-7-25-8-6-18(24)27-12-2-4-14-16(10-12)31-20(29)22-14/h1-4,9-10H,5-8H2,(H,21,28)(H,22,29). The second-order valence-corrected chi connectivity index (χ2v) is 9.83. The molecular weight excluding hydrogens is 476 g/mol. The third kappa shape index (κ3) is 5.95. The van der Waals surface area contributed by atoms with Crippen LogP contribution >= 0.6 is 47.9 Å². The predicted molar refractivity (Wildman–Crippen MR) is 125 cm³/mol. The zero-order valence-electron chi connectivity index (χ0n) is 15.9. The van der Waals surface area contributed by atoms with Gasteiger partial charge in [-0.15, -0.1) is 47.9 Å². The highest BCUT2D eigenvalue weighted by molar-refractivity contribution is 7.83. The highest BCUT2D eigenvalue weighted by atomic mass is 32.2. The van der Waals surface area contributed by atoms with Crippen molar-refractivity contribution in [3.05, 3.63) is 36.4 Å². The lowest BCUT2D eigenvalue weighted by Crippen LogP contribution is -2.14. The molecule has 0 saturated carbocycles. The fourth-order valence-corrected chi connectivity index (χ4v) is 4.96. The van der Waals surface area contributed by atoms with Crippen molar-refractivity contribution in [1.29, 1.82) is 0 Å². The fourth-order valence-electron chi connectivity index (χ4n) is 2.69. The van der Waals surface area contributed by atoms with Gasteiger partial charge in [-0.1, -0.05) is 0 Å². The molecule has 0 aliphatic rings. The van der Waals surface area contributed by atoms with Gasteiger partial charge in [0.05, 0.1) is 46.5 Å². The van der Waals surface area contributed by atoms with Gasteiger partial charge in [0, 0.05) is 12.1 Å². The summed E-state index contributed by atoms with van der Waals surface area (Å²) in [7, 11) is 0. The summed E-state index contributed by atoms with van der Waals surface area (Å²) in [5, 5.41) is 0. The summed E-state index contributed by atoms with van der Waals surface area (Å²) in [6.45, 7) is 0.292. The molecule has 0 N–H and O–H groups in total. The van der Waals surface area contributed by atoms with Gasteiger partial charge in [0.2, 0.25) is 0 Å². The fraction of sp³-hybridized carbons (Fsp3) is 0.200. The number of nitrogens with zero attached hydrogens (tertiary/aromatic N) is 2. The Balaban J connectivity index is 1.16. The molecule has 160 valence electrons. The summed E-state index contributed by atoms with van der Waals surface area (Å²) >= 11 is 11.3. The van der Waals surface area contributed by atoms with E-state index in [0.717, 1.165) is 20.4 Å². The minimum Gasteiger partial charge on any atom is -0.426 e. The van der Waals surface area contributed by atoms with Crippen LogP contribution in [0.25, 0.3) is 20.4 Å². The van der Waals surface area contributed by atoms with E-state index in [1.807, 2.05) is 0 Å². The Morgan fingerprint density at radius 3 is 1.68 bits per heavy atom. The molecule has 0 spiro atoms. The molecule has 0 unspecified atom stereocenters. The summed E-state index contributed by atoms with van der Waals surface area (Å²) in [6.07, 6.45) is 0.142. The molecule has 2 aromatic carbocycles. The van der Waals surface area contributed by atoms with Gasteiger partial charge < -0.3 is 14.2 Å². The van der Waals surface area contributed by atoms with E-state index in [0.29, 0.717) is 20.2 Å². The number of hydrogen-bond acceptors (Lipinski definition) is 11. The van der Waals surface area contributed by atoms with Crippen molar-refractivity contribution in [3.8, 4) is 11.5 Å². The summed E-state index contributed by atoms with van der Waals surface area (Å²) in [6, 6.07) is 10.4. The smallest absolute Gasteiger partial charge is 0.313 e. The van der Waals surface area contributed by atoms with E-state index in [9.17, 15) is 9.59 Å². The Morgan fingerprint density at radius 1 is 0.774 bits per heavy atom. The van der Waals surface area contributed by atoms with E-state index < -0.39 is 11.9 Å². The monoisotopic (exact) mass is 492 g/mol. The second-order valence-electron chi connectivity index (χ2n) is 6.31. The molecule has 7 nitrogen and oxygen atoms in total. The Kier molecular flexibility index (Phi) is 7.08. The van der Waals surface area contributed by atoms with Gasteiger partial charge in [-0.05, 0) is 24.3 Å². The first kappa shape index (κ1) is 22.0. The Hall–Kier alpha value is -2.18. The Morgan fingerprint density at radius 2 is 1.23 bits per heavy atom. The third-order valence-electron chi connectivity index (χ3n) is 4.06. The lowest BCUT2D eigenvalue weighted by Gasteiger charge is -2.06. The molecule has 4 aromatic rings. The van der Waals surface area contributed by atoms with Crippen molar-refractivity contribution < 1.29 is 23.8 Å². The summed E-state index contributed by atoms with van der Waals surface area (Å²) < 4.78 is 19.1. The van der Waals surface area contributed by atoms with E-state index >= 15 is 0 Å². The van der Waals surface area contributed by atoms with Crippen molar-refractivity contribution in [1.82, 2.24) is 9.97 Å². The molecule has 0 aliphatic carbocycles. The molecular formula is C20H16N2O5S4. The molecule has 0 saturated heterocycles. The van der Waals surface area contributed by atoms with Crippen LogP contribution in [0, 0.1) is 0 Å². The second kappa shape index (κ2) is 9.96. The molecule has 0 atom stereocenters. The normalized spacial score (nSPS) is 11.2. The highest BCUT2D eigenvalue weighted by Crippen LogP contribution is 2.29. The molecule has 0 radical (unpaired) electrons. The van der Waals surface area contributed by atoms with Gasteiger partial charge >= 0.3 is 11.9 Å². The van der Waals surface area contributed by atoms with Crippen molar-refractivity contribution in [2.24, 2.45) is 0 Å². The van der Waals surface area contributed by atoms with Gasteiger partial charge in [0.25, 0.3) is 0 Å². The molecule has 0 aliphatic heterocycles. The van der Waals surface area contributed by atoms with Crippen molar-refractivity contribution in [2.45, 2.75) is 21.5 Å². The van der Waals surface area contributed by atoms with Crippen molar-refractivity contribution in [2.75, 3.05) is 13.2 Å². The lowest BCUT2D eigenvalue weighted by atomic mass is 10.3. The van der Waals surface area contributed by atoms with Crippen LogP contribution in [0.15, 0.2) is 45.1 Å². The molecule has 0 fully saturated rings. The summed E-state index contributed by atoms with van der Waals surface area (Å²) in [5.41, 5.74) is 1.62. The van der Waals surface area contributed by atoms with Crippen LogP contribution in [0.5, 0.6) is 11.5 Å². The number of ether oxygens (including phenoxy) is 3. The molecule has 4 rings (SSSR count). The van der Waals surface area contributed by atoms with E-state index in [-0.39, 0.29) is 26.1 Å². The van der Waals surface area contributed by atoms with Crippen LogP contribution in [0.1, 0.15) is 12.8 Å². The van der Waals surface area contributed by atoms with Crippen LogP contribution in [0.2, 0.25) is 0 Å². The van der Waals surface area contributed by atoms with Gasteiger partial charge in [0.15, 0.2) is 0 Å². The van der Waals surface area contributed by atoms with Gasteiger partial charge in [-0.25, -0.2) is 9.97 Å². The molecule has 0 bridgehead atoms. The van der Waals surface area contributed by atoms with E-state index in [1.54, 1.807) is 36.4 Å². The maximum absolute atomic E-state index is 12.0. The first-order valence-electron chi connectivity index (χ1n) is 9.14. The number of benzene rings is 2. The molecule has 31 heavy (non-hydrogen) atoms. The zero-order chi connectivity index (χ0) is 21.8. The molecule has 11 heteroatoms. The van der Waals surface area contributed by atoms with Crippen LogP contribution in [0.3, 0.4) is 0 Å². The average Bonchev–Trinajstić information content (AvgIpc) is 3.27. The van der Waals surface area contributed by atoms with Gasteiger partial charge in [-0.2, -0.15) is 0 Å². The first-order chi connectivity index (χ1) is 15.0. The average molecular weight is 493 g/mol. The first-order valence-corrected chi connectivity index (χ1v) is 11.7. The quantitative estimate of drug-likeness (QED) is 0.158. The van der Waals surface area contributed by atoms with Crippen molar-refractivity contribution in [3.63, 3.8) is 0 Å². The predicted octanol–water partition coefficient (Wildman–Crippen LogP) is 4.79. The summed E-state index contributed by atoms with van der Waals surface area (Å²) in [4.78, 5) is 32.4. The maximum Gasteiger partial charge on any atom is 0.313 e. The Labute approximate surface area is 196 Å².